The fourth-order valence-corrected chi connectivity index (χ4v) is 2.30. The summed E-state index contributed by atoms with van der Waals surface area (Å²) in [5, 5.41) is 6.25. The second kappa shape index (κ2) is 5.77. The van der Waals surface area contributed by atoms with E-state index in [9.17, 15) is 4.79 Å². The van der Waals surface area contributed by atoms with E-state index in [0.717, 1.165) is 28.7 Å². The van der Waals surface area contributed by atoms with E-state index < -0.39 is 0 Å². The molecule has 0 bridgehead atoms. The Kier molecular flexibility index (Phi) is 3.84. The molecule has 0 heterocycles. The van der Waals surface area contributed by atoms with Crippen LogP contribution in [0.4, 0.5) is 17.1 Å². The van der Waals surface area contributed by atoms with Crippen LogP contribution in [0, 0.1) is 0 Å². The van der Waals surface area contributed by atoms with Crippen molar-refractivity contribution in [3.63, 3.8) is 0 Å². The maximum Gasteiger partial charge on any atom is 0.253 e. The van der Waals surface area contributed by atoms with E-state index in [1.54, 1.807) is 12.1 Å². The van der Waals surface area contributed by atoms with E-state index >= 15 is 0 Å². The summed E-state index contributed by atoms with van der Waals surface area (Å²) in [6, 6.07) is 13.4. The number of halogens is 1. The summed E-state index contributed by atoms with van der Waals surface area (Å²) in [4.78, 5) is 12.3. The van der Waals surface area contributed by atoms with E-state index in [0.29, 0.717) is 17.3 Å². The Morgan fingerprint density at radius 3 is 2.52 bits per heavy atom. The minimum absolute atomic E-state index is 0.0792. The first-order valence-electron chi connectivity index (χ1n) is 6.85. The van der Waals surface area contributed by atoms with Crippen LogP contribution >= 0.6 is 15.9 Å². The van der Waals surface area contributed by atoms with Crippen LogP contribution in [0.15, 0.2) is 46.9 Å². The van der Waals surface area contributed by atoms with Crippen LogP contribution in [0.3, 0.4) is 0 Å². The van der Waals surface area contributed by atoms with E-state index in [-0.39, 0.29) is 5.91 Å². The van der Waals surface area contributed by atoms with Crippen molar-refractivity contribution >= 4 is 38.9 Å². The minimum Gasteiger partial charge on any atom is -0.399 e. The molecule has 0 saturated heterocycles. The first-order valence-corrected chi connectivity index (χ1v) is 7.64. The lowest BCUT2D eigenvalue weighted by molar-refractivity contribution is 0.0952. The third kappa shape index (κ3) is 3.55. The van der Waals surface area contributed by atoms with Crippen molar-refractivity contribution in [1.29, 1.82) is 0 Å². The standard InChI is InChI=1S/C16H16BrN3O/c17-10-1-4-12(5-2-10)19-15-8-3-11(18)9-14(15)16(21)20-13-6-7-13/h1-5,8-9,13,19H,6-7,18H2,(H,20,21). The van der Waals surface area contributed by atoms with Gasteiger partial charge in [0.25, 0.3) is 5.91 Å². The number of nitrogens with one attached hydrogen (secondary N) is 2. The largest absolute Gasteiger partial charge is 0.399 e. The molecule has 1 saturated carbocycles. The monoisotopic (exact) mass is 345 g/mol. The summed E-state index contributed by atoms with van der Waals surface area (Å²) in [5.74, 6) is -0.0792. The molecule has 0 spiro atoms. The predicted octanol–water partition coefficient (Wildman–Crippen LogP) is 3.67. The van der Waals surface area contributed by atoms with Gasteiger partial charge in [-0.25, -0.2) is 0 Å². The second-order valence-electron chi connectivity index (χ2n) is 5.18. The number of hydrogen-bond acceptors (Lipinski definition) is 3. The molecular weight excluding hydrogens is 330 g/mol. The first-order chi connectivity index (χ1) is 10.1. The van der Waals surface area contributed by atoms with Gasteiger partial charge in [-0.3, -0.25) is 4.79 Å². The highest BCUT2D eigenvalue weighted by molar-refractivity contribution is 9.10. The van der Waals surface area contributed by atoms with Crippen LogP contribution in [0.1, 0.15) is 23.2 Å². The van der Waals surface area contributed by atoms with Gasteiger partial charge in [-0.1, -0.05) is 15.9 Å². The second-order valence-corrected chi connectivity index (χ2v) is 6.10. The highest BCUT2D eigenvalue weighted by Crippen LogP contribution is 2.26. The SMILES string of the molecule is Nc1ccc(Nc2ccc(Br)cc2)c(C(=O)NC2CC2)c1. The molecule has 0 radical (unpaired) electrons. The van der Waals surface area contributed by atoms with Gasteiger partial charge in [0.2, 0.25) is 0 Å². The van der Waals surface area contributed by atoms with Crippen LogP contribution < -0.4 is 16.4 Å². The Morgan fingerprint density at radius 2 is 1.86 bits per heavy atom. The van der Waals surface area contributed by atoms with E-state index in [1.165, 1.54) is 0 Å². The Labute approximate surface area is 131 Å². The molecule has 1 fully saturated rings. The molecule has 0 unspecified atom stereocenters. The zero-order valence-corrected chi connectivity index (χ0v) is 13.0. The first kappa shape index (κ1) is 13.9. The van der Waals surface area contributed by atoms with E-state index in [1.807, 2.05) is 30.3 Å². The number of rotatable bonds is 4. The maximum atomic E-state index is 12.3. The molecule has 108 valence electrons. The number of nitrogens with two attached hydrogens (primary N) is 1. The van der Waals surface area contributed by atoms with Gasteiger partial charge in [-0.05, 0) is 55.3 Å². The number of benzene rings is 2. The average Bonchev–Trinajstić information content (AvgIpc) is 3.27. The van der Waals surface area contributed by atoms with Gasteiger partial charge >= 0.3 is 0 Å². The maximum absolute atomic E-state index is 12.3. The lowest BCUT2D eigenvalue weighted by Gasteiger charge is -2.13. The minimum atomic E-state index is -0.0792. The number of amides is 1. The van der Waals surface area contributed by atoms with Gasteiger partial charge in [-0.15, -0.1) is 0 Å². The highest BCUT2D eigenvalue weighted by atomic mass is 79.9. The molecule has 3 rings (SSSR count). The molecule has 4 nitrogen and oxygen atoms in total. The number of carbonyl (C=O) groups excluding carboxylic acids is 1. The topological polar surface area (TPSA) is 67.1 Å². The lowest BCUT2D eigenvalue weighted by atomic mass is 10.1. The Morgan fingerprint density at radius 1 is 1.14 bits per heavy atom. The Bertz CT molecular complexity index is 666. The molecule has 5 heteroatoms. The van der Waals surface area contributed by atoms with Crippen LogP contribution in [0.5, 0.6) is 0 Å². The van der Waals surface area contributed by atoms with Crippen molar-refractivity contribution in [3.05, 3.63) is 52.5 Å². The van der Waals surface area contributed by atoms with Gasteiger partial charge in [0.15, 0.2) is 0 Å². The molecule has 21 heavy (non-hydrogen) atoms. The highest BCUT2D eigenvalue weighted by Gasteiger charge is 2.25. The smallest absolute Gasteiger partial charge is 0.253 e. The molecule has 1 aliphatic carbocycles. The summed E-state index contributed by atoms with van der Waals surface area (Å²) in [7, 11) is 0. The van der Waals surface area contributed by atoms with Gasteiger partial charge in [0.1, 0.15) is 0 Å². The number of hydrogen-bond donors (Lipinski definition) is 3. The molecule has 4 N–H and O–H groups in total. The van der Waals surface area contributed by atoms with E-state index in [4.69, 9.17) is 5.73 Å². The summed E-state index contributed by atoms with van der Waals surface area (Å²) < 4.78 is 1.01. The van der Waals surface area contributed by atoms with Gasteiger partial charge < -0.3 is 16.4 Å². The lowest BCUT2D eigenvalue weighted by Crippen LogP contribution is -2.26. The summed E-state index contributed by atoms with van der Waals surface area (Å²) in [6.07, 6.45) is 2.12. The van der Waals surface area contributed by atoms with Crippen LogP contribution in [-0.2, 0) is 0 Å². The van der Waals surface area contributed by atoms with Crippen molar-refractivity contribution in [2.75, 3.05) is 11.1 Å². The zero-order chi connectivity index (χ0) is 14.8. The fraction of sp³-hybridized carbons (Fsp3) is 0.188. The van der Waals surface area contributed by atoms with Gasteiger partial charge in [-0.2, -0.15) is 0 Å². The van der Waals surface area contributed by atoms with Crippen LogP contribution in [-0.4, -0.2) is 11.9 Å². The van der Waals surface area contributed by atoms with Crippen LogP contribution in [0.2, 0.25) is 0 Å². The van der Waals surface area contributed by atoms with Crippen molar-refractivity contribution in [2.45, 2.75) is 18.9 Å². The van der Waals surface area contributed by atoms with Gasteiger partial charge in [0, 0.05) is 21.9 Å². The van der Waals surface area contributed by atoms with Crippen molar-refractivity contribution in [3.8, 4) is 0 Å². The number of nitrogen functional groups attached to an aromatic ring is 1. The quantitative estimate of drug-likeness (QED) is 0.740. The molecule has 0 aromatic heterocycles. The third-order valence-corrected chi connectivity index (χ3v) is 3.85. The van der Waals surface area contributed by atoms with E-state index in [2.05, 4.69) is 26.6 Å². The number of anilines is 3. The Balaban J connectivity index is 1.86. The van der Waals surface area contributed by atoms with Crippen LogP contribution in [0.25, 0.3) is 0 Å². The third-order valence-electron chi connectivity index (χ3n) is 3.32. The summed E-state index contributed by atoms with van der Waals surface area (Å²) >= 11 is 3.40. The average molecular weight is 346 g/mol. The Hall–Kier alpha value is -2.01. The molecule has 2 aromatic rings. The normalized spacial score (nSPS) is 13.8. The molecule has 2 aromatic carbocycles. The van der Waals surface area contributed by atoms with Crippen molar-refractivity contribution in [1.82, 2.24) is 5.32 Å². The summed E-state index contributed by atoms with van der Waals surface area (Å²) in [5.41, 5.74) is 8.64. The molecule has 1 amide bonds. The van der Waals surface area contributed by atoms with Crippen molar-refractivity contribution in [2.24, 2.45) is 0 Å². The predicted molar refractivity (Wildman–Crippen MR) is 88.8 cm³/mol. The molecule has 0 aliphatic heterocycles. The zero-order valence-electron chi connectivity index (χ0n) is 11.4. The molecule has 1 aliphatic rings. The molecule has 0 atom stereocenters. The fourth-order valence-electron chi connectivity index (χ4n) is 2.04. The summed E-state index contributed by atoms with van der Waals surface area (Å²) in [6.45, 7) is 0. The van der Waals surface area contributed by atoms with Gasteiger partial charge in [0.05, 0.1) is 11.3 Å². The molecular formula is C16H16BrN3O. The number of carbonyl (C=O) groups is 1. The van der Waals surface area contributed by atoms with Crippen molar-refractivity contribution < 1.29 is 4.79 Å².